The summed E-state index contributed by atoms with van der Waals surface area (Å²) < 4.78 is 13.5. The molecule has 0 aliphatic carbocycles. The van der Waals surface area contributed by atoms with Crippen molar-refractivity contribution in [2.24, 2.45) is 5.92 Å². The number of carbonyl (C=O) groups is 1. The Bertz CT molecular complexity index is 374. The highest BCUT2D eigenvalue weighted by Crippen LogP contribution is 2.22. The van der Waals surface area contributed by atoms with E-state index in [1.807, 2.05) is 0 Å². The van der Waals surface area contributed by atoms with Crippen molar-refractivity contribution in [3.63, 3.8) is 0 Å². The number of rotatable bonds is 5. The van der Waals surface area contributed by atoms with E-state index in [1.165, 1.54) is 6.07 Å². The molecule has 0 spiro atoms. The minimum absolute atomic E-state index is 0.00650. The third kappa shape index (κ3) is 3.71. The minimum Gasteiger partial charge on any atom is -0.294 e. The van der Waals surface area contributed by atoms with Crippen LogP contribution in [0.5, 0.6) is 0 Å². The van der Waals surface area contributed by atoms with Crippen LogP contribution in [0.4, 0.5) is 4.39 Å². The zero-order valence-electron chi connectivity index (χ0n) is 9.59. The molecule has 1 aromatic carbocycles. The molecule has 0 bridgehead atoms. The second kappa shape index (κ2) is 6.14. The lowest BCUT2D eigenvalue weighted by atomic mass is 10.0. The minimum atomic E-state index is -0.380. The van der Waals surface area contributed by atoms with E-state index in [2.05, 4.69) is 29.8 Å². The van der Waals surface area contributed by atoms with Gasteiger partial charge in [0.1, 0.15) is 5.82 Å². The molecule has 0 saturated heterocycles. The average molecular weight is 287 g/mol. The van der Waals surface area contributed by atoms with Crippen molar-refractivity contribution in [2.75, 3.05) is 0 Å². The molecule has 0 atom stereocenters. The largest absolute Gasteiger partial charge is 0.294 e. The summed E-state index contributed by atoms with van der Waals surface area (Å²) in [6.45, 7) is 4.26. The quantitative estimate of drug-likeness (QED) is 0.723. The summed E-state index contributed by atoms with van der Waals surface area (Å²) >= 11 is 3.11. The SMILES string of the molecule is CC(C)CCCC(=O)c1cccc(F)c1Br. The van der Waals surface area contributed by atoms with Gasteiger partial charge in [-0.1, -0.05) is 32.4 Å². The van der Waals surface area contributed by atoms with Gasteiger partial charge in [0.05, 0.1) is 4.47 Å². The predicted molar refractivity (Wildman–Crippen MR) is 67.1 cm³/mol. The van der Waals surface area contributed by atoms with E-state index < -0.39 is 0 Å². The van der Waals surface area contributed by atoms with E-state index in [1.54, 1.807) is 12.1 Å². The number of benzene rings is 1. The average Bonchev–Trinajstić information content (AvgIpc) is 2.21. The van der Waals surface area contributed by atoms with Gasteiger partial charge in [-0.15, -0.1) is 0 Å². The fourth-order valence-corrected chi connectivity index (χ4v) is 2.01. The Balaban J connectivity index is 2.63. The second-order valence-corrected chi connectivity index (χ2v) is 5.10. The Morgan fingerprint density at radius 1 is 1.44 bits per heavy atom. The van der Waals surface area contributed by atoms with Crippen molar-refractivity contribution in [2.45, 2.75) is 33.1 Å². The number of carbonyl (C=O) groups excluding carboxylic acids is 1. The van der Waals surface area contributed by atoms with E-state index in [-0.39, 0.29) is 16.1 Å². The lowest BCUT2D eigenvalue weighted by Gasteiger charge is -2.06. The maximum absolute atomic E-state index is 13.2. The van der Waals surface area contributed by atoms with Crippen LogP contribution >= 0.6 is 15.9 Å². The molecule has 0 fully saturated rings. The summed E-state index contributed by atoms with van der Waals surface area (Å²) in [6, 6.07) is 4.57. The molecule has 0 N–H and O–H groups in total. The maximum atomic E-state index is 13.2. The number of hydrogen-bond donors (Lipinski definition) is 0. The molecule has 88 valence electrons. The van der Waals surface area contributed by atoms with Crippen LogP contribution in [0.3, 0.4) is 0 Å². The van der Waals surface area contributed by atoms with Crippen molar-refractivity contribution in [1.82, 2.24) is 0 Å². The Morgan fingerprint density at radius 2 is 2.12 bits per heavy atom. The Labute approximate surface area is 104 Å². The van der Waals surface area contributed by atoms with Crippen molar-refractivity contribution < 1.29 is 9.18 Å². The van der Waals surface area contributed by atoms with Crippen molar-refractivity contribution in [1.29, 1.82) is 0 Å². The molecular formula is C13H16BrFO. The lowest BCUT2D eigenvalue weighted by molar-refractivity contribution is 0.0977. The van der Waals surface area contributed by atoms with Gasteiger partial charge >= 0.3 is 0 Å². The first-order chi connectivity index (χ1) is 7.52. The van der Waals surface area contributed by atoms with E-state index in [4.69, 9.17) is 0 Å². The maximum Gasteiger partial charge on any atom is 0.164 e. The van der Waals surface area contributed by atoms with E-state index in [0.717, 1.165) is 12.8 Å². The fraction of sp³-hybridized carbons (Fsp3) is 0.462. The molecule has 1 nitrogen and oxygen atoms in total. The number of Topliss-reactive ketones (excluding diaryl/α,β-unsaturated/α-hetero) is 1. The van der Waals surface area contributed by atoms with Gasteiger partial charge in [0.15, 0.2) is 5.78 Å². The van der Waals surface area contributed by atoms with Crippen LogP contribution in [0.1, 0.15) is 43.5 Å². The van der Waals surface area contributed by atoms with Gasteiger partial charge in [-0.05, 0) is 34.3 Å². The summed E-state index contributed by atoms with van der Waals surface area (Å²) in [5.74, 6) is 0.227. The van der Waals surface area contributed by atoms with Crippen molar-refractivity contribution >= 4 is 21.7 Å². The summed E-state index contributed by atoms with van der Waals surface area (Å²) in [5.41, 5.74) is 0.448. The molecule has 3 heteroatoms. The Morgan fingerprint density at radius 3 is 2.75 bits per heavy atom. The summed E-state index contributed by atoms with van der Waals surface area (Å²) in [7, 11) is 0. The Hall–Kier alpha value is -0.700. The molecule has 0 aliphatic rings. The molecule has 0 aliphatic heterocycles. The zero-order chi connectivity index (χ0) is 12.1. The normalized spacial score (nSPS) is 10.8. The first-order valence-electron chi connectivity index (χ1n) is 5.49. The first-order valence-corrected chi connectivity index (χ1v) is 6.29. The zero-order valence-corrected chi connectivity index (χ0v) is 11.2. The fourth-order valence-electron chi connectivity index (χ4n) is 1.52. The van der Waals surface area contributed by atoms with Crippen molar-refractivity contribution in [3.05, 3.63) is 34.1 Å². The monoisotopic (exact) mass is 286 g/mol. The van der Waals surface area contributed by atoms with Crippen LogP contribution in [-0.2, 0) is 0 Å². The van der Waals surface area contributed by atoms with Crippen molar-refractivity contribution in [3.8, 4) is 0 Å². The standard InChI is InChI=1S/C13H16BrFO/c1-9(2)5-3-8-12(16)10-6-4-7-11(15)13(10)14/h4,6-7,9H,3,5,8H2,1-2H3. The highest BCUT2D eigenvalue weighted by Gasteiger charge is 2.12. The summed E-state index contributed by atoms with van der Waals surface area (Å²) in [5, 5.41) is 0. The van der Waals surface area contributed by atoms with Crippen LogP contribution in [0.25, 0.3) is 0 Å². The van der Waals surface area contributed by atoms with Gasteiger partial charge in [-0.2, -0.15) is 0 Å². The van der Waals surface area contributed by atoms with Gasteiger partial charge < -0.3 is 0 Å². The van der Waals surface area contributed by atoms with E-state index >= 15 is 0 Å². The van der Waals surface area contributed by atoms with E-state index in [9.17, 15) is 9.18 Å². The third-order valence-electron chi connectivity index (χ3n) is 2.44. The first kappa shape index (κ1) is 13.4. The van der Waals surface area contributed by atoms with Crippen LogP contribution in [-0.4, -0.2) is 5.78 Å². The second-order valence-electron chi connectivity index (χ2n) is 4.31. The van der Waals surface area contributed by atoms with Gasteiger partial charge in [-0.25, -0.2) is 4.39 Å². The molecule has 0 aromatic heterocycles. The molecule has 0 unspecified atom stereocenters. The number of ketones is 1. The molecule has 0 amide bonds. The molecule has 0 saturated carbocycles. The molecule has 1 aromatic rings. The number of halogens is 2. The third-order valence-corrected chi connectivity index (χ3v) is 3.24. The Kier molecular flexibility index (Phi) is 5.13. The molecule has 0 heterocycles. The molecule has 0 radical (unpaired) electrons. The molecular weight excluding hydrogens is 271 g/mol. The van der Waals surface area contributed by atoms with Gasteiger partial charge in [-0.3, -0.25) is 4.79 Å². The number of hydrogen-bond acceptors (Lipinski definition) is 1. The van der Waals surface area contributed by atoms with Gasteiger partial charge in [0.2, 0.25) is 0 Å². The van der Waals surface area contributed by atoms with Crippen LogP contribution in [0.2, 0.25) is 0 Å². The van der Waals surface area contributed by atoms with Crippen LogP contribution < -0.4 is 0 Å². The van der Waals surface area contributed by atoms with E-state index in [0.29, 0.717) is 17.9 Å². The predicted octanol–water partition coefficient (Wildman–Crippen LogP) is 4.60. The van der Waals surface area contributed by atoms with Crippen LogP contribution in [0, 0.1) is 11.7 Å². The molecule has 1 rings (SSSR count). The highest BCUT2D eigenvalue weighted by molar-refractivity contribution is 9.10. The smallest absolute Gasteiger partial charge is 0.164 e. The van der Waals surface area contributed by atoms with Gasteiger partial charge in [0.25, 0.3) is 0 Å². The molecule has 16 heavy (non-hydrogen) atoms. The van der Waals surface area contributed by atoms with Crippen LogP contribution in [0.15, 0.2) is 22.7 Å². The summed E-state index contributed by atoms with van der Waals surface area (Å²) in [4.78, 5) is 11.8. The summed E-state index contributed by atoms with van der Waals surface area (Å²) in [6.07, 6.45) is 2.37. The highest BCUT2D eigenvalue weighted by atomic mass is 79.9. The lowest BCUT2D eigenvalue weighted by Crippen LogP contribution is -2.02. The topological polar surface area (TPSA) is 17.1 Å². The van der Waals surface area contributed by atoms with Gasteiger partial charge in [0, 0.05) is 12.0 Å².